The smallest absolute Gasteiger partial charge is 0.276 e. The summed E-state index contributed by atoms with van der Waals surface area (Å²) in [7, 11) is 0. The Kier molecular flexibility index (Phi) is 3.65. The molecule has 2 aliphatic heterocycles. The lowest BCUT2D eigenvalue weighted by Gasteiger charge is -2.24. The number of hydrogen-bond donors (Lipinski definition) is 2. The zero-order valence-corrected chi connectivity index (χ0v) is 11.4. The van der Waals surface area contributed by atoms with E-state index in [1.807, 2.05) is 0 Å². The van der Waals surface area contributed by atoms with Crippen molar-refractivity contribution in [1.29, 1.82) is 0 Å². The lowest BCUT2D eigenvalue weighted by Crippen LogP contribution is -2.53. The zero-order valence-electron chi connectivity index (χ0n) is 11.4. The quantitative estimate of drug-likeness (QED) is 0.629. The first kappa shape index (κ1) is 13.7. The summed E-state index contributed by atoms with van der Waals surface area (Å²) in [6, 6.07) is 0.228. The van der Waals surface area contributed by atoms with Crippen LogP contribution in [0.25, 0.3) is 0 Å². The van der Waals surface area contributed by atoms with Crippen LogP contribution in [0.3, 0.4) is 0 Å². The van der Waals surface area contributed by atoms with Gasteiger partial charge in [-0.25, -0.2) is 4.68 Å². The van der Waals surface area contributed by atoms with Gasteiger partial charge in [-0.05, 0) is 25.9 Å². The molecule has 3 rings (SSSR count). The second-order valence-electron chi connectivity index (χ2n) is 5.20. The first-order valence-electron chi connectivity index (χ1n) is 6.88. The van der Waals surface area contributed by atoms with E-state index in [-0.39, 0.29) is 24.8 Å². The minimum absolute atomic E-state index is 0.134. The maximum absolute atomic E-state index is 12.3. The summed E-state index contributed by atoms with van der Waals surface area (Å²) in [4.78, 5) is 36.0. The molecule has 0 radical (unpaired) electrons. The van der Waals surface area contributed by atoms with Crippen molar-refractivity contribution in [3.8, 4) is 0 Å². The molecule has 21 heavy (non-hydrogen) atoms. The highest BCUT2D eigenvalue weighted by Crippen LogP contribution is 2.17. The first-order valence-corrected chi connectivity index (χ1v) is 6.88. The van der Waals surface area contributed by atoms with Crippen molar-refractivity contribution in [3.05, 3.63) is 11.9 Å². The first-order chi connectivity index (χ1) is 10.1. The van der Waals surface area contributed by atoms with Crippen molar-refractivity contribution < 1.29 is 14.4 Å². The van der Waals surface area contributed by atoms with Crippen LogP contribution >= 0.6 is 0 Å². The zero-order chi connectivity index (χ0) is 14.8. The van der Waals surface area contributed by atoms with Gasteiger partial charge in [-0.2, -0.15) is 0 Å². The average molecular weight is 292 g/mol. The van der Waals surface area contributed by atoms with Crippen LogP contribution in [0.15, 0.2) is 6.20 Å². The topological polar surface area (TPSA) is 109 Å². The van der Waals surface area contributed by atoms with E-state index in [1.165, 1.54) is 4.90 Å². The van der Waals surface area contributed by atoms with Crippen molar-refractivity contribution >= 4 is 17.7 Å². The van der Waals surface area contributed by atoms with E-state index in [0.717, 1.165) is 25.9 Å². The second-order valence-corrected chi connectivity index (χ2v) is 5.20. The van der Waals surface area contributed by atoms with Gasteiger partial charge < -0.3 is 10.2 Å². The molecule has 2 N–H and O–H groups in total. The number of carbonyl (C=O) groups is 3. The predicted molar refractivity (Wildman–Crippen MR) is 70.2 cm³/mol. The van der Waals surface area contributed by atoms with Gasteiger partial charge in [0.2, 0.25) is 11.8 Å². The highest BCUT2D eigenvalue weighted by atomic mass is 16.2. The highest BCUT2D eigenvalue weighted by molar-refractivity contribution is 6.05. The third-order valence-corrected chi connectivity index (χ3v) is 3.65. The van der Waals surface area contributed by atoms with Crippen LogP contribution in [-0.4, -0.2) is 63.8 Å². The molecule has 9 nitrogen and oxygen atoms in total. The summed E-state index contributed by atoms with van der Waals surface area (Å²) < 4.78 is 1.69. The molecule has 0 spiro atoms. The molecule has 3 heterocycles. The van der Waals surface area contributed by atoms with Gasteiger partial charge in [0.15, 0.2) is 5.69 Å². The van der Waals surface area contributed by atoms with Gasteiger partial charge in [-0.15, -0.1) is 5.10 Å². The number of piperidine rings is 1. The molecule has 3 amide bonds. The van der Waals surface area contributed by atoms with Gasteiger partial charge in [-0.3, -0.25) is 19.7 Å². The molecule has 0 aromatic carbocycles. The number of imide groups is 1. The van der Waals surface area contributed by atoms with Crippen LogP contribution in [0.4, 0.5) is 0 Å². The summed E-state index contributed by atoms with van der Waals surface area (Å²) in [6.45, 7) is 1.55. The maximum atomic E-state index is 12.3. The van der Waals surface area contributed by atoms with Crippen LogP contribution in [0.2, 0.25) is 0 Å². The molecule has 1 aromatic rings. The summed E-state index contributed by atoms with van der Waals surface area (Å²) >= 11 is 0. The third kappa shape index (κ3) is 2.92. The Labute approximate surface area is 120 Å². The number of hydrogen-bond acceptors (Lipinski definition) is 6. The molecule has 2 saturated heterocycles. The lowest BCUT2D eigenvalue weighted by molar-refractivity contribution is -0.135. The average Bonchev–Trinajstić information content (AvgIpc) is 2.96. The molecule has 112 valence electrons. The molecule has 9 heteroatoms. The maximum Gasteiger partial charge on any atom is 0.276 e. The third-order valence-electron chi connectivity index (χ3n) is 3.65. The monoisotopic (exact) mass is 292 g/mol. The van der Waals surface area contributed by atoms with E-state index in [1.54, 1.807) is 10.9 Å². The molecule has 0 aliphatic carbocycles. The summed E-state index contributed by atoms with van der Waals surface area (Å²) in [5.41, 5.74) is 0.163. The van der Waals surface area contributed by atoms with Crippen LogP contribution < -0.4 is 10.6 Å². The van der Waals surface area contributed by atoms with Gasteiger partial charge in [0, 0.05) is 0 Å². The SMILES string of the molecule is O=C1CN(C(=O)c2cn(C3CCNCC3)nn2)CC(=O)N1. The van der Waals surface area contributed by atoms with Gasteiger partial charge in [0.05, 0.1) is 12.2 Å². The predicted octanol–water partition coefficient (Wildman–Crippen LogP) is -1.70. The van der Waals surface area contributed by atoms with Crippen LogP contribution in [0.5, 0.6) is 0 Å². The van der Waals surface area contributed by atoms with Crippen molar-refractivity contribution in [2.24, 2.45) is 0 Å². The minimum atomic E-state index is -0.481. The standard InChI is InChI=1S/C12H16N6O3/c19-10-6-17(7-11(20)14-10)12(21)9-5-18(16-15-9)8-1-3-13-4-2-8/h5,8,13H,1-4,6-7H2,(H,14,19,20). The van der Waals surface area contributed by atoms with E-state index >= 15 is 0 Å². The molecule has 2 fully saturated rings. The van der Waals surface area contributed by atoms with E-state index in [4.69, 9.17) is 0 Å². The van der Waals surface area contributed by atoms with E-state index in [2.05, 4.69) is 20.9 Å². The number of carbonyl (C=O) groups excluding carboxylic acids is 3. The number of amides is 3. The van der Waals surface area contributed by atoms with E-state index < -0.39 is 17.7 Å². The largest absolute Gasteiger partial charge is 0.319 e. The molecule has 0 bridgehead atoms. The Hall–Kier alpha value is -2.29. The number of nitrogens with one attached hydrogen (secondary N) is 2. The van der Waals surface area contributed by atoms with Crippen LogP contribution in [-0.2, 0) is 9.59 Å². The Morgan fingerprint density at radius 1 is 1.19 bits per heavy atom. The van der Waals surface area contributed by atoms with Crippen LogP contribution in [0, 0.1) is 0 Å². The van der Waals surface area contributed by atoms with Crippen LogP contribution in [0.1, 0.15) is 29.4 Å². The fraction of sp³-hybridized carbons (Fsp3) is 0.583. The minimum Gasteiger partial charge on any atom is -0.319 e. The number of rotatable bonds is 2. The normalized spacial score (nSPS) is 20.5. The summed E-state index contributed by atoms with van der Waals surface area (Å²) in [6.07, 6.45) is 3.46. The Morgan fingerprint density at radius 3 is 2.52 bits per heavy atom. The Balaban J connectivity index is 1.71. The Morgan fingerprint density at radius 2 is 1.86 bits per heavy atom. The molecule has 0 unspecified atom stereocenters. The summed E-state index contributed by atoms with van der Waals surface area (Å²) in [5, 5.41) is 13.3. The second kappa shape index (κ2) is 5.60. The number of nitrogens with zero attached hydrogens (tertiary/aromatic N) is 4. The van der Waals surface area contributed by atoms with Crippen molar-refractivity contribution in [2.75, 3.05) is 26.2 Å². The molecule has 1 aromatic heterocycles. The molecule has 0 saturated carbocycles. The van der Waals surface area contributed by atoms with Crippen molar-refractivity contribution in [2.45, 2.75) is 18.9 Å². The summed E-state index contributed by atoms with van der Waals surface area (Å²) in [5.74, 6) is -1.41. The number of piperazine rings is 1. The van der Waals surface area contributed by atoms with Gasteiger partial charge in [0.1, 0.15) is 13.1 Å². The fourth-order valence-electron chi connectivity index (χ4n) is 2.57. The molecule has 0 atom stereocenters. The fourth-order valence-corrected chi connectivity index (χ4v) is 2.57. The molecular formula is C12H16N6O3. The van der Waals surface area contributed by atoms with E-state index in [9.17, 15) is 14.4 Å². The van der Waals surface area contributed by atoms with Crippen molar-refractivity contribution in [3.63, 3.8) is 0 Å². The van der Waals surface area contributed by atoms with Gasteiger partial charge >= 0.3 is 0 Å². The van der Waals surface area contributed by atoms with Gasteiger partial charge in [0.25, 0.3) is 5.91 Å². The lowest BCUT2D eigenvalue weighted by atomic mass is 10.1. The molecule has 2 aliphatic rings. The molecular weight excluding hydrogens is 276 g/mol. The number of aromatic nitrogens is 3. The highest BCUT2D eigenvalue weighted by Gasteiger charge is 2.29. The van der Waals surface area contributed by atoms with Crippen molar-refractivity contribution in [1.82, 2.24) is 30.5 Å². The van der Waals surface area contributed by atoms with E-state index in [0.29, 0.717) is 0 Å². The Bertz CT molecular complexity index is 561. The van der Waals surface area contributed by atoms with Gasteiger partial charge in [-0.1, -0.05) is 5.21 Å².